The van der Waals surface area contributed by atoms with Gasteiger partial charge in [0.1, 0.15) is 0 Å². The van der Waals surface area contributed by atoms with Crippen molar-refractivity contribution in [3.8, 4) is 5.88 Å². The van der Waals surface area contributed by atoms with Gasteiger partial charge < -0.3 is 10.1 Å². The van der Waals surface area contributed by atoms with Gasteiger partial charge in [-0.2, -0.15) is 0 Å². The van der Waals surface area contributed by atoms with Crippen LogP contribution in [0.2, 0.25) is 5.02 Å². The van der Waals surface area contributed by atoms with Crippen molar-refractivity contribution in [1.82, 2.24) is 4.98 Å². The summed E-state index contributed by atoms with van der Waals surface area (Å²) in [4.78, 5) is 7.80. The number of aromatic nitrogens is 1. The van der Waals surface area contributed by atoms with Gasteiger partial charge in [0.25, 0.3) is 0 Å². The summed E-state index contributed by atoms with van der Waals surface area (Å²) in [5, 5.41) is 12.0. The molecule has 0 saturated carbocycles. The molecule has 0 amide bonds. The second kappa shape index (κ2) is 6.46. The molecule has 0 bridgehead atoms. The van der Waals surface area contributed by atoms with Gasteiger partial charge in [-0.1, -0.05) is 66.2 Å². The molecule has 3 aromatic carbocycles. The minimum absolute atomic E-state index is 0.0794. The number of fused-ring (bicyclic) bond motifs is 1. The third-order valence-electron chi connectivity index (χ3n) is 4.02. The van der Waals surface area contributed by atoms with Crippen molar-refractivity contribution in [2.24, 2.45) is 4.99 Å². The zero-order valence-corrected chi connectivity index (χ0v) is 14.0. The summed E-state index contributed by atoms with van der Waals surface area (Å²) in [6.45, 7) is 0. The fraction of sp³-hybridized carbons (Fsp3) is 0. The first-order valence-corrected chi connectivity index (χ1v) is 8.30. The molecule has 0 unspecified atom stereocenters. The highest BCUT2D eigenvalue weighted by Crippen LogP contribution is 2.32. The molecule has 0 radical (unpaired) electrons. The predicted octanol–water partition coefficient (Wildman–Crippen LogP) is 5.70. The fourth-order valence-electron chi connectivity index (χ4n) is 2.89. The maximum atomic E-state index is 10.6. The van der Waals surface area contributed by atoms with E-state index in [0.29, 0.717) is 16.3 Å². The lowest BCUT2D eigenvalue weighted by Gasteiger charge is -2.07. The van der Waals surface area contributed by atoms with Crippen LogP contribution in [0.25, 0.3) is 10.9 Å². The summed E-state index contributed by atoms with van der Waals surface area (Å²) in [6.07, 6.45) is 0. The van der Waals surface area contributed by atoms with Crippen LogP contribution in [0, 0.1) is 0 Å². The van der Waals surface area contributed by atoms with E-state index in [2.05, 4.69) is 4.98 Å². The van der Waals surface area contributed by atoms with Gasteiger partial charge in [0.15, 0.2) is 5.88 Å². The molecule has 4 aromatic rings. The van der Waals surface area contributed by atoms with Gasteiger partial charge in [-0.05, 0) is 24.3 Å². The first-order chi connectivity index (χ1) is 12.2. The number of hydrogen-bond acceptors (Lipinski definition) is 2. The van der Waals surface area contributed by atoms with E-state index < -0.39 is 0 Å². The largest absolute Gasteiger partial charge is 0.494 e. The van der Waals surface area contributed by atoms with Crippen molar-refractivity contribution in [3.05, 3.63) is 95.0 Å². The van der Waals surface area contributed by atoms with Crippen LogP contribution in [0.15, 0.2) is 83.9 Å². The summed E-state index contributed by atoms with van der Waals surface area (Å²) < 4.78 is 0. The van der Waals surface area contributed by atoms with Crippen molar-refractivity contribution < 1.29 is 5.11 Å². The van der Waals surface area contributed by atoms with E-state index in [-0.39, 0.29) is 5.88 Å². The summed E-state index contributed by atoms with van der Waals surface area (Å²) >= 11 is 6.07. The molecule has 25 heavy (non-hydrogen) atoms. The number of aliphatic imine (C=N–C) groups is 1. The molecule has 122 valence electrons. The van der Waals surface area contributed by atoms with Crippen molar-refractivity contribution >= 4 is 33.9 Å². The number of para-hydroxylation sites is 1. The summed E-state index contributed by atoms with van der Waals surface area (Å²) in [5.74, 6) is 0.0794. The van der Waals surface area contributed by atoms with Crippen LogP contribution in [-0.4, -0.2) is 15.8 Å². The molecule has 0 spiro atoms. The number of halogens is 1. The normalized spacial score (nSPS) is 11.8. The number of rotatable bonds is 3. The van der Waals surface area contributed by atoms with Gasteiger partial charge >= 0.3 is 0 Å². The molecule has 0 fully saturated rings. The molecule has 0 aliphatic heterocycles. The summed E-state index contributed by atoms with van der Waals surface area (Å²) in [5.41, 5.74) is 3.90. The molecule has 3 nitrogen and oxygen atoms in total. The highest BCUT2D eigenvalue weighted by atomic mass is 35.5. The molecular weight excluding hydrogens is 332 g/mol. The second-order valence-corrected chi connectivity index (χ2v) is 6.14. The highest BCUT2D eigenvalue weighted by Gasteiger charge is 2.18. The Hall–Kier alpha value is -3.04. The molecule has 2 N–H and O–H groups in total. The number of aromatic hydroxyl groups is 1. The molecule has 0 saturated heterocycles. The first kappa shape index (κ1) is 15.5. The quantitative estimate of drug-likeness (QED) is 0.459. The van der Waals surface area contributed by atoms with Gasteiger partial charge in [-0.25, -0.2) is 4.99 Å². The molecular formula is C21H15ClN2O. The molecule has 4 heteroatoms. The Labute approximate surface area is 150 Å². The van der Waals surface area contributed by atoms with Gasteiger partial charge in [0.2, 0.25) is 0 Å². The van der Waals surface area contributed by atoms with Gasteiger partial charge in [0.05, 0.1) is 22.5 Å². The van der Waals surface area contributed by atoms with E-state index in [9.17, 15) is 5.11 Å². The molecule has 1 aromatic heterocycles. The highest BCUT2D eigenvalue weighted by molar-refractivity contribution is 6.31. The monoisotopic (exact) mass is 346 g/mol. The number of benzene rings is 3. The molecule has 0 atom stereocenters. The van der Waals surface area contributed by atoms with Crippen LogP contribution >= 0.6 is 11.6 Å². The minimum atomic E-state index is 0.0794. The molecule has 1 heterocycles. The van der Waals surface area contributed by atoms with E-state index in [1.165, 1.54) is 0 Å². The maximum Gasteiger partial charge on any atom is 0.199 e. The van der Waals surface area contributed by atoms with E-state index in [1.54, 1.807) is 6.07 Å². The van der Waals surface area contributed by atoms with E-state index in [0.717, 1.165) is 22.2 Å². The average molecular weight is 347 g/mol. The Kier molecular flexibility index (Phi) is 4.00. The number of hydrogen-bond donors (Lipinski definition) is 2. The van der Waals surface area contributed by atoms with Crippen molar-refractivity contribution in [1.29, 1.82) is 0 Å². The second-order valence-electron chi connectivity index (χ2n) is 5.70. The number of H-pyrrole nitrogens is 1. The lowest BCUT2D eigenvalue weighted by Crippen LogP contribution is -2.02. The smallest absolute Gasteiger partial charge is 0.199 e. The Morgan fingerprint density at radius 3 is 2.28 bits per heavy atom. The topological polar surface area (TPSA) is 48.4 Å². The first-order valence-electron chi connectivity index (χ1n) is 7.92. The standard InChI is InChI=1S/C21H15ClN2O/c22-15-11-12-17-18(13-15)24-21(25)19(17)20(14-7-3-1-4-8-14)23-16-9-5-2-6-10-16/h1-13,24-25H. The van der Waals surface area contributed by atoms with Gasteiger partial charge in [-0.3, -0.25) is 0 Å². The summed E-state index contributed by atoms with van der Waals surface area (Å²) in [7, 11) is 0. The zero-order chi connectivity index (χ0) is 17.2. The van der Waals surface area contributed by atoms with Gasteiger partial charge in [-0.15, -0.1) is 0 Å². The predicted molar refractivity (Wildman–Crippen MR) is 103 cm³/mol. The average Bonchev–Trinajstić information content (AvgIpc) is 2.96. The van der Waals surface area contributed by atoms with Crippen molar-refractivity contribution in [3.63, 3.8) is 0 Å². The van der Waals surface area contributed by atoms with E-state index >= 15 is 0 Å². The van der Waals surface area contributed by atoms with E-state index in [1.807, 2.05) is 72.8 Å². The van der Waals surface area contributed by atoms with Crippen LogP contribution in [0.4, 0.5) is 5.69 Å². The van der Waals surface area contributed by atoms with Crippen LogP contribution in [-0.2, 0) is 0 Å². The SMILES string of the molecule is Oc1[nH]c2cc(Cl)ccc2c1C(=Nc1ccccc1)c1ccccc1. The summed E-state index contributed by atoms with van der Waals surface area (Å²) in [6, 6.07) is 25.0. The van der Waals surface area contributed by atoms with Crippen LogP contribution in [0.1, 0.15) is 11.1 Å². The van der Waals surface area contributed by atoms with Crippen LogP contribution in [0.5, 0.6) is 5.88 Å². The van der Waals surface area contributed by atoms with Crippen LogP contribution < -0.4 is 0 Å². The van der Waals surface area contributed by atoms with E-state index in [4.69, 9.17) is 16.6 Å². The third kappa shape index (κ3) is 3.02. The Morgan fingerprint density at radius 1 is 0.880 bits per heavy atom. The number of aromatic amines is 1. The van der Waals surface area contributed by atoms with Crippen molar-refractivity contribution in [2.75, 3.05) is 0 Å². The van der Waals surface area contributed by atoms with Gasteiger partial charge in [0, 0.05) is 16.0 Å². The number of nitrogens with zero attached hydrogens (tertiary/aromatic N) is 1. The third-order valence-corrected chi connectivity index (χ3v) is 4.26. The Morgan fingerprint density at radius 2 is 1.56 bits per heavy atom. The minimum Gasteiger partial charge on any atom is -0.494 e. The van der Waals surface area contributed by atoms with Crippen molar-refractivity contribution in [2.45, 2.75) is 0 Å². The molecule has 4 rings (SSSR count). The Bertz CT molecular complexity index is 1050. The Balaban J connectivity index is 1.99. The lowest BCUT2D eigenvalue weighted by molar-refractivity contribution is 0.457. The maximum absolute atomic E-state index is 10.6. The fourth-order valence-corrected chi connectivity index (χ4v) is 3.06. The lowest BCUT2D eigenvalue weighted by atomic mass is 10.0. The van der Waals surface area contributed by atoms with Crippen LogP contribution in [0.3, 0.4) is 0 Å². The molecule has 0 aliphatic carbocycles. The molecule has 0 aliphatic rings. The number of nitrogens with one attached hydrogen (secondary N) is 1. The zero-order valence-electron chi connectivity index (χ0n) is 13.3.